The van der Waals surface area contributed by atoms with Crippen molar-refractivity contribution < 1.29 is 9.53 Å². The molecule has 3 aromatic rings. The first-order valence-corrected chi connectivity index (χ1v) is 9.25. The van der Waals surface area contributed by atoms with Crippen LogP contribution >= 0.6 is 11.6 Å². The molecule has 0 bridgehead atoms. The quantitative estimate of drug-likeness (QED) is 0.568. The predicted molar refractivity (Wildman–Crippen MR) is 108 cm³/mol. The van der Waals surface area contributed by atoms with E-state index in [4.69, 9.17) is 21.4 Å². The Hall–Kier alpha value is -2.43. The molecule has 0 amide bonds. The maximum atomic E-state index is 11.7. The molecule has 1 aromatic heterocycles. The Morgan fingerprint density at radius 1 is 1.11 bits per heavy atom. The zero-order valence-electron chi connectivity index (χ0n) is 15.8. The van der Waals surface area contributed by atoms with Crippen molar-refractivity contribution in [2.75, 3.05) is 0 Å². The van der Waals surface area contributed by atoms with Gasteiger partial charge in [-0.2, -0.15) is 5.10 Å². The van der Waals surface area contributed by atoms with Crippen LogP contribution in [0.2, 0.25) is 5.02 Å². The highest BCUT2D eigenvalue weighted by Gasteiger charge is 2.25. The van der Waals surface area contributed by atoms with Gasteiger partial charge in [-0.3, -0.25) is 9.48 Å². The molecular weight excluding hydrogens is 360 g/mol. The van der Waals surface area contributed by atoms with Gasteiger partial charge in [0.25, 0.3) is 0 Å². The molecule has 0 saturated heterocycles. The third-order valence-electron chi connectivity index (χ3n) is 4.61. The fourth-order valence-electron chi connectivity index (χ4n) is 2.65. The number of aromatic nitrogens is 2. The van der Waals surface area contributed by atoms with E-state index in [-0.39, 0.29) is 12.4 Å². The second-order valence-corrected chi connectivity index (χ2v) is 7.40. The molecule has 0 saturated carbocycles. The van der Waals surface area contributed by atoms with Crippen molar-refractivity contribution in [1.29, 1.82) is 0 Å². The van der Waals surface area contributed by atoms with E-state index in [2.05, 4.69) is 0 Å². The first-order chi connectivity index (χ1) is 12.9. The maximum Gasteiger partial charge on any atom is 0.161 e. The molecule has 0 aliphatic rings. The van der Waals surface area contributed by atoms with Gasteiger partial charge in [0.05, 0.1) is 24.5 Å². The minimum absolute atomic E-state index is 0.0127. The smallest absolute Gasteiger partial charge is 0.161 e. The van der Waals surface area contributed by atoms with Crippen LogP contribution in [-0.4, -0.2) is 21.2 Å². The van der Waals surface area contributed by atoms with Crippen molar-refractivity contribution in [1.82, 2.24) is 9.78 Å². The molecule has 0 N–H and O–H groups in total. The van der Waals surface area contributed by atoms with Crippen LogP contribution in [0, 0.1) is 0 Å². The molecular formula is C22H23ClN2O2. The fourth-order valence-corrected chi connectivity index (χ4v) is 2.84. The molecule has 5 heteroatoms. The Morgan fingerprint density at radius 2 is 1.78 bits per heavy atom. The lowest BCUT2D eigenvalue weighted by Gasteiger charge is -2.21. The Labute approximate surface area is 164 Å². The third-order valence-corrected chi connectivity index (χ3v) is 4.98. The molecule has 4 nitrogen and oxygen atoms in total. The van der Waals surface area contributed by atoms with E-state index in [0.717, 1.165) is 22.5 Å². The molecule has 0 aliphatic carbocycles. The minimum atomic E-state index is -0.834. The lowest BCUT2D eigenvalue weighted by atomic mass is 10.1. The van der Waals surface area contributed by atoms with Gasteiger partial charge in [0, 0.05) is 5.02 Å². The number of hydrogen-bond acceptors (Lipinski definition) is 3. The topological polar surface area (TPSA) is 44.1 Å². The van der Waals surface area contributed by atoms with Crippen LogP contribution in [0.25, 0.3) is 11.3 Å². The Kier molecular flexibility index (Phi) is 5.78. The molecule has 0 atom stereocenters. The van der Waals surface area contributed by atoms with Gasteiger partial charge in [0.1, 0.15) is 5.60 Å². The van der Waals surface area contributed by atoms with Crippen molar-refractivity contribution >= 4 is 17.4 Å². The van der Waals surface area contributed by atoms with Gasteiger partial charge in [0.15, 0.2) is 5.78 Å². The number of Topliss-reactive ketones (excluding diaryl/α,β-unsaturated/α-hetero) is 1. The van der Waals surface area contributed by atoms with E-state index in [1.54, 1.807) is 13.8 Å². The number of carbonyl (C=O) groups is 1. The average molecular weight is 383 g/mol. The van der Waals surface area contributed by atoms with E-state index in [1.807, 2.05) is 65.3 Å². The van der Waals surface area contributed by atoms with E-state index in [9.17, 15) is 4.79 Å². The highest BCUT2D eigenvalue weighted by atomic mass is 35.5. The number of benzene rings is 2. The molecule has 0 aliphatic heterocycles. The second-order valence-electron chi connectivity index (χ2n) is 6.99. The number of hydrogen-bond donors (Lipinski definition) is 0. The molecule has 2 aromatic carbocycles. The summed E-state index contributed by atoms with van der Waals surface area (Å²) in [6, 6.07) is 19.8. The first-order valence-electron chi connectivity index (χ1n) is 8.87. The van der Waals surface area contributed by atoms with Crippen molar-refractivity contribution in [3.05, 3.63) is 76.9 Å². The summed E-state index contributed by atoms with van der Waals surface area (Å²) < 4.78 is 7.73. The number of rotatable bonds is 7. The van der Waals surface area contributed by atoms with Crippen LogP contribution in [0.1, 0.15) is 32.0 Å². The summed E-state index contributed by atoms with van der Waals surface area (Å²) in [5, 5.41) is 5.42. The summed E-state index contributed by atoms with van der Waals surface area (Å²) in [4.78, 5) is 11.7. The van der Waals surface area contributed by atoms with Crippen molar-refractivity contribution in [2.24, 2.45) is 0 Å². The standard InChI is InChI=1S/C22H23ClN2O2/c1-16(26)22(2,3)27-15-19-13-21(17-9-5-4-6-10-17)25(24-19)14-18-11-7-8-12-20(18)23/h4-13H,14-15H2,1-3H3. The van der Waals surface area contributed by atoms with Gasteiger partial charge in [-0.05, 0) is 44.0 Å². The second kappa shape index (κ2) is 8.07. The van der Waals surface area contributed by atoms with Crippen molar-refractivity contribution in [3.63, 3.8) is 0 Å². The monoisotopic (exact) mass is 382 g/mol. The van der Waals surface area contributed by atoms with Gasteiger partial charge in [0.2, 0.25) is 0 Å². The molecule has 0 fully saturated rings. The zero-order valence-corrected chi connectivity index (χ0v) is 16.5. The predicted octanol–water partition coefficient (Wildman–Crippen LogP) is 5.14. The zero-order chi connectivity index (χ0) is 19.4. The summed E-state index contributed by atoms with van der Waals surface area (Å²) in [6.07, 6.45) is 0. The van der Waals surface area contributed by atoms with Crippen LogP contribution in [-0.2, 0) is 22.7 Å². The Bertz CT molecular complexity index is 932. The summed E-state index contributed by atoms with van der Waals surface area (Å²) in [5.41, 5.74) is 2.98. The van der Waals surface area contributed by atoms with E-state index >= 15 is 0 Å². The van der Waals surface area contributed by atoms with Gasteiger partial charge in [-0.1, -0.05) is 60.1 Å². The lowest BCUT2D eigenvalue weighted by Crippen LogP contribution is -2.32. The number of ketones is 1. The SMILES string of the molecule is CC(=O)C(C)(C)OCc1cc(-c2ccccc2)n(Cc2ccccc2Cl)n1. The van der Waals surface area contributed by atoms with Gasteiger partial charge < -0.3 is 4.74 Å². The summed E-state index contributed by atoms with van der Waals surface area (Å²) in [6.45, 7) is 5.90. The van der Waals surface area contributed by atoms with Gasteiger partial charge in [-0.15, -0.1) is 0 Å². The first kappa shape index (κ1) is 19.3. The lowest BCUT2D eigenvalue weighted by molar-refractivity contribution is -0.139. The third kappa shape index (κ3) is 4.65. The number of carbonyl (C=O) groups excluding carboxylic acids is 1. The van der Waals surface area contributed by atoms with E-state index in [1.165, 1.54) is 6.92 Å². The molecule has 140 valence electrons. The van der Waals surface area contributed by atoms with Crippen molar-refractivity contribution in [3.8, 4) is 11.3 Å². The largest absolute Gasteiger partial charge is 0.361 e. The molecule has 0 radical (unpaired) electrons. The van der Waals surface area contributed by atoms with Crippen LogP contribution in [0.15, 0.2) is 60.7 Å². The molecule has 0 unspecified atom stereocenters. The van der Waals surface area contributed by atoms with Crippen LogP contribution in [0.5, 0.6) is 0 Å². The Morgan fingerprint density at radius 3 is 2.44 bits per heavy atom. The summed E-state index contributed by atoms with van der Waals surface area (Å²) in [7, 11) is 0. The molecule has 3 rings (SSSR count). The maximum absolute atomic E-state index is 11.7. The highest BCUT2D eigenvalue weighted by molar-refractivity contribution is 6.31. The Balaban J connectivity index is 1.92. The minimum Gasteiger partial charge on any atom is -0.361 e. The van der Waals surface area contributed by atoms with Crippen molar-refractivity contribution in [2.45, 2.75) is 39.5 Å². The van der Waals surface area contributed by atoms with Crippen LogP contribution < -0.4 is 0 Å². The molecule has 0 spiro atoms. The fraction of sp³-hybridized carbons (Fsp3) is 0.273. The normalized spacial score (nSPS) is 11.6. The number of ether oxygens (including phenoxy) is 1. The molecule has 27 heavy (non-hydrogen) atoms. The molecule has 1 heterocycles. The van der Waals surface area contributed by atoms with Gasteiger partial charge in [-0.25, -0.2) is 0 Å². The average Bonchev–Trinajstić information content (AvgIpc) is 3.05. The van der Waals surface area contributed by atoms with Crippen LogP contribution in [0.3, 0.4) is 0 Å². The number of halogens is 1. The van der Waals surface area contributed by atoms with E-state index < -0.39 is 5.60 Å². The number of nitrogens with zero attached hydrogens (tertiary/aromatic N) is 2. The highest BCUT2D eigenvalue weighted by Crippen LogP contribution is 2.25. The van der Waals surface area contributed by atoms with E-state index in [0.29, 0.717) is 11.6 Å². The summed E-state index contributed by atoms with van der Waals surface area (Å²) in [5.74, 6) is -0.0127. The van der Waals surface area contributed by atoms with Gasteiger partial charge >= 0.3 is 0 Å². The van der Waals surface area contributed by atoms with Crippen LogP contribution in [0.4, 0.5) is 0 Å². The summed E-state index contributed by atoms with van der Waals surface area (Å²) >= 11 is 6.33.